The zero-order chi connectivity index (χ0) is 15.7. The molecule has 0 radical (unpaired) electrons. The van der Waals surface area contributed by atoms with Crippen molar-refractivity contribution in [3.8, 4) is 0 Å². The molecule has 0 saturated carbocycles. The summed E-state index contributed by atoms with van der Waals surface area (Å²) in [5, 5.41) is 0. The highest BCUT2D eigenvalue weighted by atomic mass is 16.1. The van der Waals surface area contributed by atoms with Gasteiger partial charge in [-0.25, -0.2) is 0 Å². The summed E-state index contributed by atoms with van der Waals surface area (Å²) in [6, 6.07) is 9.89. The van der Waals surface area contributed by atoms with Crippen LogP contribution in [-0.2, 0) is 4.79 Å². The standard InChI is InChI=1S/C20H26O/c1-5-20(4,15-9-10-17(2)3)16-19(21)14-13-18-11-7-6-8-12-18/h5-8,10-14H,1,9,15-16H2,2-4H3/b14-13+. The second-order valence-electron chi connectivity index (χ2n) is 6.07. The minimum absolute atomic E-state index is 0.135. The van der Waals surface area contributed by atoms with Crippen molar-refractivity contribution in [2.45, 2.75) is 40.0 Å². The summed E-state index contributed by atoms with van der Waals surface area (Å²) >= 11 is 0. The molecule has 21 heavy (non-hydrogen) atoms. The molecule has 1 heteroatoms. The summed E-state index contributed by atoms with van der Waals surface area (Å²) in [4.78, 5) is 12.1. The Kier molecular flexibility index (Phi) is 6.87. The first kappa shape index (κ1) is 17.2. The number of benzene rings is 1. The number of rotatable bonds is 8. The van der Waals surface area contributed by atoms with Crippen molar-refractivity contribution in [1.82, 2.24) is 0 Å². The second-order valence-corrected chi connectivity index (χ2v) is 6.07. The molecule has 0 spiro atoms. The molecule has 0 fully saturated rings. The molecule has 0 aliphatic rings. The van der Waals surface area contributed by atoms with Crippen LogP contribution in [0.4, 0.5) is 0 Å². The Morgan fingerprint density at radius 2 is 1.90 bits per heavy atom. The van der Waals surface area contributed by atoms with Crippen molar-refractivity contribution in [3.63, 3.8) is 0 Å². The van der Waals surface area contributed by atoms with Crippen LogP contribution in [0, 0.1) is 5.41 Å². The predicted molar refractivity (Wildman–Crippen MR) is 92.1 cm³/mol. The summed E-state index contributed by atoms with van der Waals surface area (Å²) in [6.45, 7) is 10.2. The van der Waals surface area contributed by atoms with Crippen molar-refractivity contribution in [1.29, 1.82) is 0 Å². The van der Waals surface area contributed by atoms with Crippen molar-refractivity contribution in [3.05, 3.63) is 66.3 Å². The van der Waals surface area contributed by atoms with Gasteiger partial charge in [0.25, 0.3) is 0 Å². The highest BCUT2D eigenvalue weighted by molar-refractivity contribution is 5.94. The van der Waals surface area contributed by atoms with Gasteiger partial charge in [0, 0.05) is 6.42 Å². The number of carbonyl (C=O) groups excluding carboxylic acids is 1. The number of ketones is 1. The van der Waals surface area contributed by atoms with E-state index >= 15 is 0 Å². The van der Waals surface area contributed by atoms with Gasteiger partial charge in [-0.05, 0) is 43.7 Å². The minimum Gasteiger partial charge on any atom is -0.295 e. The molecule has 0 bridgehead atoms. The molecule has 0 aromatic heterocycles. The van der Waals surface area contributed by atoms with E-state index in [9.17, 15) is 4.79 Å². The van der Waals surface area contributed by atoms with E-state index in [1.165, 1.54) is 5.57 Å². The Morgan fingerprint density at radius 1 is 1.24 bits per heavy atom. The van der Waals surface area contributed by atoms with Crippen molar-refractivity contribution in [2.75, 3.05) is 0 Å². The fourth-order valence-electron chi connectivity index (χ4n) is 2.16. The van der Waals surface area contributed by atoms with Gasteiger partial charge >= 0.3 is 0 Å². The first-order valence-electron chi connectivity index (χ1n) is 7.48. The zero-order valence-electron chi connectivity index (χ0n) is 13.4. The van der Waals surface area contributed by atoms with Crippen LogP contribution in [0.5, 0.6) is 0 Å². The third kappa shape index (κ3) is 6.89. The first-order chi connectivity index (χ1) is 9.95. The molecule has 0 N–H and O–H groups in total. The van der Waals surface area contributed by atoms with Gasteiger partial charge in [0.2, 0.25) is 0 Å². The molecule has 0 heterocycles. The Morgan fingerprint density at radius 3 is 2.48 bits per heavy atom. The molecular weight excluding hydrogens is 256 g/mol. The van der Waals surface area contributed by atoms with Crippen LogP contribution in [-0.4, -0.2) is 5.78 Å². The summed E-state index contributed by atoms with van der Waals surface area (Å²) in [5.74, 6) is 0.151. The lowest BCUT2D eigenvalue weighted by atomic mass is 9.80. The van der Waals surface area contributed by atoms with Crippen molar-refractivity contribution in [2.24, 2.45) is 5.41 Å². The first-order valence-corrected chi connectivity index (χ1v) is 7.48. The van der Waals surface area contributed by atoms with Gasteiger partial charge in [0.1, 0.15) is 0 Å². The van der Waals surface area contributed by atoms with Gasteiger partial charge in [-0.1, -0.05) is 61.1 Å². The fourth-order valence-corrected chi connectivity index (χ4v) is 2.16. The third-order valence-corrected chi connectivity index (χ3v) is 3.60. The molecule has 1 unspecified atom stereocenters. The SMILES string of the molecule is C=CC(C)(CCC=C(C)C)CC(=O)/C=C/c1ccccc1. The average Bonchev–Trinajstić information content (AvgIpc) is 2.46. The van der Waals surface area contributed by atoms with Crippen LogP contribution in [0.15, 0.2) is 60.7 Å². The Hall–Kier alpha value is -1.89. The Balaban J connectivity index is 2.59. The van der Waals surface area contributed by atoms with E-state index in [4.69, 9.17) is 0 Å². The number of carbonyl (C=O) groups is 1. The molecule has 1 rings (SSSR count). The Bertz CT molecular complexity index is 518. The van der Waals surface area contributed by atoms with Crippen LogP contribution in [0.1, 0.15) is 45.6 Å². The van der Waals surface area contributed by atoms with E-state index in [1.807, 2.05) is 42.5 Å². The van der Waals surface area contributed by atoms with Gasteiger partial charge < -0.3 is 0 Å². The number of allylic oxidation sites excluding steroid dienone is 4. The van der Waals surface area contributed by atoms with Crippen LogP contribution >= 0.6 is 0 Å². The topological polar surface area (TPSA) is 17.1 Å². The van der Waals surface area contributed by atoms with Gasteiger partial charge in [-0.3, -0.25) is 4.79 Å². The average molecular weight is 282 g/mol. The van der Waals surface area contributed by atoms with Gasteiger partial charge in [0.05, 0.1) is 0 Å². The molecule has 0 saturated heterocycles. The van der Waals surface area contributed by atoms with Crippen LogP contribution in [0.25, 0.3) is 6.08 Å². The molecule has 1 aromatic carbocycles. The Labute approximate surface area is 129 Å². The van der Waals surface area contributed by atoms with Gasteiger partial charge in [-0.2, -0.15) is 0 Å². The van der Waals surface area contributed by atoms with E-state index in [2.05, 4.69) is 33.4 Å². The van der Waals surface area contributed by atoms with E-state index in [0.717, 1.165) is 18.4 Å². The van der Waals surface area contributed by atoms with E-state index in [0.29, 0.717) is 6.42 Å². The monoisotopic (exact) mass is 282 g/mol. The van der Waals surface area contributed by atoms with Crippen LogP contribution in [0.3, 0.4) is 0 Å². The molecular formula is C20H26O. The van der Waals surface area contributed by atoms with Crippen molar-refractivity contribution >= 4 is 11.9 Å². The maximum Gasteiger partial charge on any atom is 0.156 e. The molecule has 1 atom stereocenters. The predicted octanol–water partition coefficient (Wildman–Crippen LogP) is 5.60. The summed E-state index contributed by atoms with van der Waals surface area (Å²) in [5.41, 5.74) is 2.23. The smallest absolute Gasteiger partial charge is 0.156 e. The number of hydrogen-bond acceptors (Lipinski definition) is 1. The maximum absolute atomic E-state index is 12.1. The lowest BCUT2D eigenvalue weighted by molar-refractivity contribution is -0.116. The molecule has 1 aromatic rings. The molecule has 0 aliphatic carbocycles. The highest BCUT2D eigenvalue weighted by Crippen LogP contribution is 2.30. The summed E-state index contributed by atoms with van der Waals surface area (Å²) < 4.78 is 0. The van der Waals surface area contributed by atoms with Crippen LogP contribution in [0.2, 0.25) is 0 Å². The fraction of sp³-hybridized carbons (Fsp3) is 0.350. The van der Waals surface area contributed by atoms with E-state index < -0.39 is 0 Å². The summed E-state index contributed by atoms with van der Waals surface area (Å²) in [6.07, 6.45) is 10.1. The van der Waals surface area contributed by atoms with E-state index in [1.54, 1.807) is 6.08 Å². The van der Waals surface area contributed by atoms with Gasteiger partial charge in [0.15, 0.2) is 5.78 Å². The highest BCUT2D eigenvalue weighted by Gasteiger charge is 2.22. The molecule has 1 nitrogen and oxygen atoms in total. The van der Waals surface area contributed by atoms with Gasteiger partial charge in [-0.15, -0.1) is 6.58 Å². The second kappa shape index (κ2) is 8.41. The molecule has 112 valence electrons. The lowest BCUT2D eigenvalue weighted by Crippen LogP contribution is -2.17. The van der Waals surface area contributed by atoms with Crippen LogP contribution < -0.4 is 0 Å². The minimum atomic E-state index is -0.135. The summed E-state index contributed by atoms with van der Waals surface area (Å²) in [7, 11) is 0. The number of hydrogen-bond donors (Lipinski definition) is 0. The normalized spacial score (nSPS) is 13.7. The third-order valence-electron chi connectivity index (χ3n) is 3.60. The molecule has 0 amide bonds. The quantitative estimate of drug-likeness (QED) is 0.448. The lowest BCUT2D eigenvalue weighted by Gasteiger charge is -2.23. The van der Waals surface area contributed by atoms with E-state index in [-0.39, 0.29) is 11.2 Å². The maximum atomic E-state index is 12.1. The zero-order valence-corrected chi connectivity index (χ0v) is 13.4. The van der Waals surface area contributed by atoms with Crippen molar-refractivity contribution < 1.29 is 4.79 Å². The largest absolute Gasteiger partial charge is 0.295 e. The molecule has 0 aliphatic heterocycles.